The summed E-state index contributed by atoms with van der Waals surface area (Å²) in [7, 11) is 0. The van der Waals surface area contributed by atoms with Gasteiger partial charge in [0, 0.05) is 25.1 Å². The van der Waals surface area contributed by atoms with Gasteiger partial charge in [-0.2, -0.15) is 0 Å². The van der Waals surface area contributed by atoms with Crippen LogP contribution in [0.3, 0.4) is 0 Å². The summed E-state index contributed by atoms with van der Waals surface area (Å²) < 4.78 is 11.3. The van der Waals surface area contributed by atoms with Crippen molar-refractivity contribution in [1.82, 2.24) is 10.2 Å². The van der Waals surface area contributed by atoms with Crippen LogP contribution in [0.5, 0.6) is 5.75 Å². The van der Waals surface area contributed by atoms with Gasteiger partial charge in [0.25, 0.3) is 0 Å². The fraction of sp³-hybridized carbons (Fsp3) is 0.588. The molecule has 1 aromatic rings. The monoisotopic (exact) mass is 304 g/mol. The Balaban J connectivity index is 1.58. The number of nitrogens with zero attached hydrogens (tertiary/aromatic N) is 1. The van der Waals surface area contributed by atoms with Crippen LogP contribution in [0.15, 0.2) is 24.3 Å². The van der Waals surface area contributed by atoms with E-state index in [1.165, 1.54) is 0 Å². The van der Waals surface area contributed by atoms with Crippen molar-refractivity contribution in [3.63, 3.8) is 0 Å². The smallest absolute Gasteiger partial charge is 0.234 e. The van der Waals surface area contributed by atoms with Crippen molar-refractivity contribution in [2.75, 3.05) is 26.2 Å². The molecule has 0 bridgehead atoms. The van der Waals surface area contributed by atoms with Gasteiger partial charge >= 0.3 is 0 Å². The van der Waals surface area contributed by atoms with Crippen molar-refractivity contribution >= 4 is 5.91 Å². The van der Waals surface area contributed by atoms with Crippen LogP contribution in [0, 0.1) is 0 Å². The number of rotatable bonds is 3. The molecule has 1 N–H and O–H groups in total. The van der Waals surface area contributed by atoms with Gasteiger partial charge in [-0.15, -0.1) is 0 Å². The van der Waals surface area contributed by atoms with Crippen LogP contribution >= 0.6 is 0 Å². The molecule has 0 saturated carbocycles. The van der Waals surface area contributed by atoms with E-state index in [0.29, 0.717) is 13.2 Å². The Hall–Kier alpha value is -1.59. The van der Waals surface area contributed by atoms with E-state index in [0.717, 1.165) is 30.8 Å². The summed E-state index contributed by atoms with van der Waals surface area (Å²) in [5, 5.41) is 3.15. The van der Waals surface area contributed by atoms with Crippen molar-refractivity contribution in [1.29, 1.82) is 0 Å². The van der Waals surface area contributed by atoms with Crippen LogP contribution in [0.4, 0.5) is 0 Å². The summed E-state index contributed by atoms with van der Waals surface area (Å²) in [4.78, 5) is 14.5. The maximum atomic E-state index is 12.4. The summed E-state index contributed by atoms with van der Waals surface area (Å²) in [6.45, 7) is 6.79. The van der Waals surface area contributed by atoms with E-state index >= 15 is 0 Å². The van der Waals surface area contributed by atoms with Crippen LogP contribution in [-0.2, 0) is 9.53 Å². The minimum Gasteiger partial charge on any atom is -0.493 e. The summed E-state index contributed by atoms with van der Waals surface area (Å²) in [5.74, 6) is 0.954. The third kappa shape index (κ3) is 3.59. The Kier molecular flexibility index (Phi) is 4.64. The molecule has 22 heavy (non-hydrogen) atoms. The third-order valence-electron chi connectivity index (χ3n) is 4.16. The summed E-state index contributed by atoms with van der Waals surface area (Å²) in [6, 6.07) is 7.97. The van der Waals surface area contributed by atoms with Gasteiger partial charge in [-0.05, 0) is 19.9 Å². The van der Waals surface area contributed by atoms with Gasteiger partial charge in [0.05, 0.1) is 31.4 Å². The highest BCUT2D eigenvalue weighted by molar-refractivity contribution is 5.78. The molecule has 5 nitrogen and oxygen atoms in total. The van der Waals surface area contributed by atoms with Gasteiger partial charge in [-0.1, -0.05) is 18.2 Å². The molecule has 2 aliphatic heterocycles. The lowest BCUT2D eigenvalue weighted by atomic mass is 10.0. The predicted molar refractivity (Wildman–Crippen MR) is 83.9 cm³/mol. The van der Waals surface area contributed by atoms with E-state index in [1.54, 1.807) is 0 Å². The second-order valence-electron chi connectivity index (χ2n) is 6.25. The van der Waals surface area contributed by atoms with Crippen molar-refractivity contribution in [3.8, 4) is 5.75 Å². The number of morpholine rings is 1. The van der Waals surface area contributed by atoms with Crippen molar-refractivity contribution in [2.24, 2.45) is 0 Å². The molecule has 0 spiro atoms. The number of amides is 1. The second kappa shape index (κ2) is 6.67. The lowest BCUT2D eigenvalue weighted by Gasteiger charge is -2.35. The topological polar surface area (TPSA) is 50.8 Å². The molecular weight excluding hydrogens is 280 g/mol. The van der Waals surface area contributed by atoms with E-state index < -0.39 is 0 Å². The van der Waals surface area contributed by atoms with Crippen molar-refractivity contribution in [3.05, 3.63) is 29.8 Å². The highest BCUT2D eigenvalue weighted by Crippen LogP contribution is 2.31. The third-order valence-corrected chi connectivity index (χ3v) is 4.16. The zero-order valence-corrected chi connectivity index (χ0v) is 13.2. The molecule has 3 rings (SSSR count). The number of hydrogen-bond donors (Lipinski definition) is 1. The normalized spacial score (nSPS) is 28.5. The molecule has 0 aliphatic carbocycles. The first-order valence-electron chi connectivity index (χ1n) is 8.00. The second-order valence-corrected chi connectivity index (χ2v) is 6.25. The predicted octanol–water partition coefficient (Wildman–Crippen LogP) is 1.74. The largest absolute Gasteiger partial charge is 0.493 e. The Morgan fingerprint density at radius 2 is 2.00 bits per heavy atom. The Bertz CT molecular complexity index is 524. The van der Waals surface area contributed by atoms with Crippen LogP contribution in [0.1, 0.15) is 31.9 Å². The molecular formula is C17H24N2O3. The van der Waals surface area contributed by atoms with Gasteiger partial charge < -0.3 is 14.8 Å². The first-order valence-corrected chi connectivity index (χ1v) is 8.00. The molecule has 1 aromatic carbocycles. The van der Waals surface area contributed by atoms with E-state index in [9.17, 15) is 4.79 Å². The molecule has 3 unspecified atom stereocenters. The van der Waals surface area contributed by atoms with Crippen molar-refractivity contribution in [2.45, 2.75) is 38.5 Å². The zero-order valence-electron chi connectivity index (χ0n) is 13.2. The Morgan fingerprint density at radius 1 is 1.27 bits per heavy atom. The molecule has 0 aromatic heterocycles. The number of para-hydroxylation sites is 1. The van der Waals surface area contributed by atoms with Gasteiger partial charge in [-0.3, -0.25) is 9.69 Å². The maximum absolute atomic E-state index is 12.4. The lowest BCUT2D eigenvalue weighted by Crippen LogP contribution is -2.49. The number of nitrogens with one attached hydrogen (secondary N) is 1. The first kappa shape index (κ1) is 15.3. The van der Waals surface area contributed by atoms with Crippen LogP contribution < -0.4 is 10.1 Å². The minimum absolute atomic E-state index is 0.0494. The van der Waals surface area contributed by atoms with E-state index in [2.05, 4.69) is 24.1 Å². The fourth-order valence-corrected chi connectivity index (χ4v) is 3.35. The number of fused-ring (bicyclic) bond motifs is 1. The SMILES string of the molecule is CC1CN(CC(=O)NC2CCOc3ccccc32)CC(C)O1. The molecule has 3 atom stereocenters. The number of ether oxygens (including phenoxy) is 2. The minimum atomic E-state index is 0.0494. The summed E-state index contributed by atoms with van der Waals surface area (Å²) in [5.41, 5.74) is 1.07. The average molecular weight is 304 g/mol. The quantitative estimate of drug-likeness (QED) is 0.924. The fourth-order valence-electron chi connectivity index (χ4n) is 3.35. The van der Waals surface area contributed by atoms with Crippen LogP contribution in [0.2, 0.25) is 0 Å². The van der Waals surface area contributed by atoms with Gasteiger partial charge in [0.15, 0.2) is 0 Å². The lowest BCUT2D eigenvalue weighted by molar-refractivity contribution is -0.126. The molecule has 0 radical (unpaired) electrons. The van der Waals surface area contributed by atoms with E-state index in [-0.39, 0.29) is 24.2 Å². The molecule has 2 aliphatic rings. The van der Waals surface area contributed by atoms with Gasteiger partial charge in [0.2, 0.25) is 5.91 Å². The van der Waals surface area contributed by atoms with Gasteiger partial charge in [-0.25, -0.2) is 0 Å². The first-order chi connectivity index (χ1) is 10.6. The van der Waals surface area contributed by atoms with E-state index in [4.69, 9.17) is 9.47 Å². The maximum Gasteiger partial charge on any atom is 0.234 e. The molecule has 2 heterocycles. The van der Waals surface area contributed by atoms with Gasteiger partial charge in [0.1, 0.15) is 5.75 Å². The number of benzene rings is 1. The highest BCUT2D eigenvalue weighted by atomic mass is 16.5. The number of carbonyl (C=O) groups excluding carboxylic acids is 1. The zero-order chi connectivity index (χ0) is 15.5. The summed E-state index contributed by atoms with van der Waals surface area (Å²) in [6.07, 6.45) is 1.18. The molecule has 5 heteroatoms. The standard InChI is InChI=1S/C17H24N2O3/c1-12-9-19(10-13(2)22-12)11-17(20)18-15-7-8-21-16-6-4-3-5-14(15)16/h3-6,12-13,15H,7-11H2,1-2H3,(H,18,20). The molecule has 1 saturated heterocycles. The molecule has 120 valence electrons. The van der Waals surface area contributed by atoms with Crippen LogP contribution in [-0.4, -0.2) is 49.3 Å². The van der Waals surface area contributed by atoms with Crippen molar-refractivity contribution < 1.29 is 14.3 Å². The Morgan fingerprint density at radius 3 is 2.77 bits per heavy atom. The average Bonchev–Trinajstić information content (AvgIpc) is 2.46. The number of hydrogen-bond acceptors (Lipinski definition) is 4. The molecule has 1 fully saturated rings. The highest BCUT2D eigenvalue weighted by Gasteiger charge is 2.26. The summed E-state index contributed by atoms with van der Waals surface area (Å²) >= 11 is 0. The number of carbonyl (C=O) groups is 1. The van der Waals surface area contributed by atoms with Crippen LogP contribution in [0.25, 0.3) is 0 Å². The molecule has 1 amide bonds. The Labute approximate surface area is 131 Å². The van der Waals surface area contributed by atoms with E-state index in [1.807, 2.05) is 24.3 Å².